The molecule has 1 aliphatic carbocycles. The molecule has 1 saturated carbocycles. The smallest absolute Gasteiger partial charge is 0.248 e. The minimum Gasteiger partial charge on any atom is -0.497 e. The molecule has 0 bridgehead atoms. The second-order valence-electron chi connectivity index (χ2n) is 5.04. The summed E-state index contributed by atoms with van der Waals surface area (Å²) in [7, 11) is 1.59. The summed E-state index contributed by atoms with van der Waals surface area (Å²) in [6, 6.07) is 7.22. The maximum absolute atomic E-state index is 13.0. The second-order valence-corrected chi connectivity index (χ2v) is 5.04. The number of anilines is 1. The van der Waals surface area contributed by atoms with E-state index in [1.165, 1.54) is 0 Å². The molecular weight excluding hydrogens is 391 g/mol. The second kappa shape index (κ2) is 7.77. The van der Waals surface area contributed by atoms with Gasteiger partial charge in [0.1, 0.15) is 5.75 Å². The number of halogens is 3. The quantitative estimate of drug-likeness (QED) is 0.453. The van der Waals surface area contributed by atoms with Gasteiger partial charge in [0.25, 0.3) is 0 Å². The number of alkyl halides is 2. The Morgan fingerprint density at radius 2 is 2.10 bits per heavy atom. The highest BCUT2D eigenvalue weighted by Crippen LogP contribution is 2.38. The van der Waals surface area contributed by atoms with E-state index in [2.05, 4.69) is 10.3 Å². The Labute approximate surface area is 140 Å². The monoisotopic (exact) mass is 411 g/mol. The van der Waals surface area contributed by atoms with Crippen molar-refractivity contribution in [2.24, 2.45) is 16.6 Å². The molecule has 4 nitrogen and oxygen atoms in total. The zero-order valence-electron chi connectivity index (χ0n) is 11.8. The number of aliphatic imine (C=N–C) groups is 1. The van der Waals surface area contributed by atoms with Gasteiger partial charge in [0.05, 0.1) is 7.11 Å². The predicted octanol–water partition coefficient (Wildman–Crippen LogP) is 3.48. The molecule has 1 atom stereocenters. The number of benzene rings is 1. The van der Waals surface area contributed by atoms with Crippen LogP contribution in [0, 0.1) is 5.92 Å². The van der Waals surface area contributed by atoms with Gasteiger partial charge in [-0.05, 0) is 36.6 Å². The molecule has 1 aliphatic rings. The van der Waals surface area contributed by atoms with Crippen molar-refractivity contribution in [2.75, 3.05) is 19.0 Å². The van der Waals surface area contributed by atoms with Gasteiger partial charge in [-0.3, -0.25) is 4.99 Å². The first kappa shape index (κ1) is 17.9. The van der Waals surface area contributed by atoms with Crippen LogP contribution in [0.5, 0.6) is 5.75 Å². The van der Waals surface area contributed by atoms with E-state index in [0.29, 0.717) is 13.0 Å². The Morgan fingerprint density at radius 1 is 1.43 bits per heavy atom. The molecule has 1 aromatic carbocycles. The first-order valence-corrected chi connectivity index (χ1v) is 6.57. The Kier molecular flexibility index (Phi) is 6.63. The van der Waals surface area contributed by atoms with Crippen LogP contribution >= 0.6 is 24.0 Å². The van der Waals surface area contributed by atoms with Crippen molar-refractivity contribution in [3.05, 3.63) is 24.3 Å². The molecule has 1 aromatic rings. The minimum atomic E-state index is -2.53. The van der Waals surface area contributed by atoms with Gasteiger partial charge in [-0.15, -0.1) is 24.0 Å². The topological polar surface area (TPSA) is 59.6 Å². The molecule has 3 N–H and O–H groups in total. The molecule has 0 aromatic heterocycles. The standard InChI is InChI=1S/C14H19F2N3O.HI/c1-20-12-4-2-11(3-5-12)19-13(17)18-9-10-6-7-14(15,16)8-10;/h2-5,10H,6-9H2,1H3,(H3,17,18,19);1H. The highest BCUT2D eigenvalue weighted by Gasteiger charge is 2.39. The number of nitrogens with two attached hydrogens (primary N) is 1. The number of methoxy groups -OCH3 is 1. The molecule has 0 saturated heterocycles. The third kappa shape index (κ3) is 5.64. The molecule has 1 fully saturated rings. The van der Waals surface area contributed by atoms with E-state index >= 15 is 0 Å². The molecule has 0 aliphatic heterocycles. The average molecular weight is 411 g/mol. The van der Waals surface area contributed by atoms with Crippen LogP contribution in [0.15, 0.2) is 29.3 Å². The molecule has 0 heterocycles. The molecule has 118 valence electrons. The van der Waals surface area contributed by atoms with Crippen LogP contribution in [0.25, 0.3) is 0 Å². The summed E-state index contributed by atoms with van der Waals surface area (Å²) >= 11 is 0. The summed E-state index contributed by atoms with van der Waals surface area (Å²) in [6.45, 7) is 0.338. The predicted molar refractivity (Wildman–Crippen MR) is 90.8 cm³/mol. The summed E-state index contributed by atoms with van der Waals surface area (Å²) in [6.07, 6.45) is 0.373. The fourth-order valence-electron chi connectivity index (χ4n) is 2.29. The average Bonchev–Trinajstić information content (AvgIpc) is 2.77. The zero-order valence-corrected chi connectivity index (χ0v) is 14.1. The van der Waals surface area contributed by atoms with Crippen molar-refractivity contribution in [3.8, 4) is 5.75 Å². The molecular formula is C14H20F2IN3O. The number of nitrogens with zero attached hydrogens (tertiary/aromatic N) is 1. The van der Waals surface area contributed by atoms with Crippen LogP contribution in [0.2, 0.25) is 0 Å². The van der Waals surface area contributed by atoms with E-state index in [1.807, 2.05) is 12.1 Å². The SMILES string of the molecule is COc1ccc(NC(N)=NCC2CCC(F)(F)C2)cc1.I. The summed E-state index contributed by atoms with van der Waals surface area (Å²) in [5.74, 6) is -1.62. The maximum Gasteiger partial charge on any atom is 0.248 e. The summed E-state index contributed by atoms with van der Waals surface area (Å²) in [5.41, 5.74) is 6.52. The number of rotatable bonds is 4. The van der Waals surface area contributed by atoms with E-state index in [0.717, 1.165) is 11.4 Å². The molecule has 2 rings (SSSR count). The molecule has 0 radical (unpaired) electrons. The number of ether oxygens (including phenoxy) is 1. The van der Waals surface area contributed by atoms with Crippen LogP contribution in [0.4, 0.5) is 14.5 Å². The first-order chi connectivity index (χ1) is 9.48. The van der Waals surface area contributed by atoms with Crippen molar-refractivity contribution in [3.63, 3.8) is 0 Å². The third-order valence-electron chi connectivity index (χ3n) is 3.39. The molecule has 7 heteroatoms. The number of hydrogen-bond donors (Lipinski definition) is 2. The molecule has 0 spiro atoms. The highest BCUT2D eigenvalue weighted by molar-refractivity contribution is 14.0. The summed E-state index contributed by atoms with van der Waals surface area (Å²) < 4.78 is 31.1. The Hall–Kier alpha value is -1.12. The number of guanidine groups is 1. The Balaban J connectivity index is 0.00000220. The highest BCUT2D eigenvalue weighted by atomic mass is 127. The lowest BCUT2D eigenvalue weighted by atomic mass is 10.1. The lowest BCUT2D eigenvalue weighted by Gasteiger charge is -2.10. The third-order valence-corrected chi connectivity index (χ3v) is 3.39. The molecule has 21 heavy (non-hydrogen) atoms. The van der Waals surface area contributed by atoms with Crippen LogP contribution in [0.1, 0.15) is 19.3 Å². The van der Waals surface area contributed by atoms with Crippen molar-refractivity contribution in [2.45, 2.75) is 25.2 Å². The minimum absolute atomic E-state index is 0. The van der Waals surface area contributed by atoms with Gasteiger partial charge >= 0.3 is 0 Å². The Morgan fingerprint density at radius 3 is 2.62 bits per heavy atom. The van der Waals surface area contributed by atoms with Gasteiger partial charge in [-0.2, -0.15) is 0 Å². The Bertz CT molecular complexity index is 480. The van der Waals surface area contributed by atoms with Gasteiger partial charge in [0.2, 0.25) is 5.92 Å². The lowest BCUT2D eigenvalue weighted by molar-refractivity contribution is 0.00542. The largest absolute Gasteiger partial charge is 0.497 e. The van der Waals surface area contributed by atoms with Crippen molar-refractivity contribution < 1.29 is 13.5 Å². The van der Waals surface area contributed by atoms with E-state index in [-0.39, 0.29) is 48.7 Å². The zero-order chi connectivity index (χ0) is 14.6. The van der Waals surface area contributed by atoms with Gasteiger partial charge in [-0.1, -0.05) is 0 Å². The van der Waals surface area contributed by atoms with Gasteiger partial charge in [0.15, 0.2) is 5.96 Å². The summed E-state index contributed by atoms with van der Waals surface area (Å²) in [5, 5.41) is 2.92. The van der Waals surface area contributed by atoms with Crippen molar-refractivity contribution >= 4 is 35.6 Å². The van der Waals surface area contributed by atoms with E-state index in [9.17, 15) is 8.78 Å². The van der Waals surface area contributed by atoms with E-state index in [4.69, 9.17) is 10.5 Å². The number of nitrogens with one attached hydrogen (secondary N) is 1. The van der Waals surface area contributed by atoms with Crippen molar-refractivity contribution in [1.29, 1.82) is 0 Å². The van der Waals surface area contributed by atoms with Crippen LogP contribution in [0.3, 0.4) is 0 Å². The van der Waals surface area contributed by atoms with Crippen LogP contribution in [-0.2, 0) is 0 Å². The molecule has 0 amide bonds. The molecule has 1 unspecified atom stereocenters. The van der Waals surface area contributed by atoms with Crippen LogP contribution in [-0.4, -0.2) is 25.5 Å². The van der Waals surface area contributed by atoms with Gasteiger partial charge in [0, 0.05) is 25.1 Å². The first-order valence-electron chi connectivity index (χ1n) is 6.57. The van der Waals surface area contributed by atoms with Gasteiger partial charge in [-0.25, -0.2) is 8.78 Å². The van der Waals surface area contributed by atoms with Crippen LogP contribution < -0.4 is 15.8 Å². The van der Waals surface area contributed by atoms with E-state index < -0.39 is 5.92 Å². The van der Waals surface area contributed by atoms with Crippen molar-refractivity contribution in [1.82, 2.24) is 0 Å². The normalized spacial score (nSPS) is 20.7. The van der Waals surface area contributed by atoms with Gasteiger partial charge < -0.3 is 15.8 Å². The fraction of sp³-hybridized carbons (Fsp3) is 0.500. The fourth-order valence-corrected chi connectivity index (χ4v) is 2.29. The maximum atomic E-state index is 13.0. The van der Waals surface area contributed by atoms with E-state index in [1.54, 1.807) is 19.2 Å². The number of hydrogen-bond acceptors (Lipinski definition) is 2. The lowest BCUT2D eigenvalue weighted by Crippen LogP contribution is -2.23. The summed E-state index contributed by atoms with van der Waals surface area (Å²) in [4.78, 5) is 4.13.